The molecule has 0 aliphatic heterocycles. The second-order valence-electron chi connectivity index (χ2n) is 2.66. The van der Waals surface area contributed by atoms with E-state index in [0.29, 0.717) is 12.4 Å². The lowest BCUT2D eigenvalue weighted by Crippen LogP contribution is -2.13. The number of ether oxygens (including phenoxy) is 2. The standard InChI is InChI=1S/C8H13N3O3/c1-3-14-8(12)5-13-4-7-10-9-6-11(7)2/h6H,3-5H2,1-2H3. The van der Waals surface area contributed by atoms with Gasteiger partial charge in [0.05, 0.1) is 6.61 Å². The van der Waals surface area contributed by atoms with E-state index >= 15 is 0 Å². The van der Waals surface area contributed by atoms with Crippen LogP contribution in [-0.2, 0) is 27.9 Å². The third-order valence-electron chi connectivity index (χ3n) is 1.56. The highest BCUT2D eigenvalue weighted by Gasteiger charge is 2.04. The molecule has 0 aliphatic carbocycles. The summed E-state index contributed by atoms with van der Waals surface area (Å²) in [7, 11) is 1.81. The Morgan fingerprint density at radius 2 is 2.43 bits per heavy atom. The van der Waals surface area contributed by atoms with Gasteiger partial charge in [-0.2, -0.15) is 0 Å². The van der Waals surface area contributed by atoms with Gasteiger partial charge in [0.15, 0.2) is 5.82 Å². The first kappa shape index (κ1) is 10.6. The summed E-state index contributed by atoms with van der Waals surface area (Å²) < 4.78 is 11.5. The maximum Gasteiger partial charge on any atom is 0.332 e. The Hall–Kier alpha value is -1.43. The first-order chi connectivity index (χ1) is 6.74. The summed E-state index contributed by atoms with van der Waals surface area (Å²) in [5.74, 6) is 0.309. The number of hydrogen-bond donors (Lipinski definition) is 0. The number of nitrogens with zero attached hydrogens (tertiary/aromatic N) is 3. The largest absolute Gasteiger partial charge is 0.464 e. The number of carbonyl (C=O) groups is 1. The fraction of sp³-hybridized carbons (Fsp3) is 0.625. The maximum atomic E-state index is 10.9. The van der Waals surface area contributed by atoms with Crippen molar-refractivity contribution < 1.29 is 14.3 Å². The van der Waals surface area contributed by atoms with Crippen LogP contribution in [0.3, 0.4) is 0 Å². The highest BCUT2D eigenvalue weighted by Crippen LogP contribution is 1.94. The Bertz CT molecular complexity index is 298. The van der Waals surface area contributed by atoms with Crippen LogP contribution in [0.5, 0.6) is 0 Å². The molecular formula is C8H13N3O3. The summed E-state index contributed by atoms with van der Waals surface area (Å²) >= 11 is 0. The van der Waals surface area contributed by atoms with E-state index < -0.39 is 0 Å². The van der Waals surface area contributed by atoms with E-state index in [4.69, 9.17) is 4.74 Å². The average molecular weight is 199 g/mol. The molecule has 6 nitrogen and oxygen atoms in total. The first-order valence-electron chi connectivity index (χ1n) is 4.30. The molecule has 1 heterocycles. The number of aryl methyl sites for hydroxylation is 1. The molecule has 6 heteroatoms. The molecule has 0 aliphatic rings. The van der Waals surface area contributed by atoms with Crippen molar-refractivity contribution in [3.63, 3.8) is 0 Å². The second kappa shape index (κ2) is 5.33. The molecule has 0 saturated heterocycles. The van der Waals surface area contributed by atoms with Gasteiger partial charge in [-0.1, -0.05) is 0 Å². The number of aromatic nitrogens is 3. The average Bonchev–Trinajstić information content (AvgIpc) is 2.52. The molecule has 0 aromatic carbocycles. The van der Waals surface area contributed by atoms with Crippen LogP contribution in [0, 0.1) is 0 Å². The molecule has 0 N–H and O–H groups in total. The minimum absolute atomic E-state index is 0.0549. The summed E-state index contributed by atoms with van der Waals surface area (Å²) in [6.45, 7) is 2.32. The Labute approximate surface area is 81.8 Å². The molecule has 14 heavy (non-hydrogen) atoms. The third kappa shape index (κ3) is 3.14. The van der Waals surface area contributed by atoms with Crippen molar-refractivity contribution in [1.29, 1.82) is 0 Å². The molecule has 0 unspecified atom stereocenters. The number of carbonyl (C=O) groups excluding carboxylic acids is 1. The predicted octanol–water partition coefficient (Wildman–Crippen LogP) is -0.105. The van der Waals surface area contributed by atoms with Crippen molar-refractivity contribution in [2.45, 2.75) is 13.5 Å². The lowest BCUT2D eigenvalue weighted by atomic mass is 10.6. The summed E-state index contributed by atoms with van der Waals surface area (Å²) in [6.07, 6.45) is 1.57. The molecule has 0 amide bonds. The van der Waals surface area contributed by atoms with Gasteiger partial charge in [0.2, 0.25) is 0 Å². The van der Waals surface area contributed by atoms with Crippen LogP contribution in [-0.4, -0.2) is 33.9 Å². The second-order valence-corrected chi connectivity index (χ2v) is 2.66. The molecule has 1 aromatic heterocycles. The number of esters is 1. The van der Waals surface area contributed by atoms with E-state index in [9.17, 15) is 4.79 Å². The van der Waals surface area contributed by atoms with Crippen LogP contribution in [0.4, 0.5) is 0 Å². The van der Waals surface area contributed by atoms with Gasteiger partial charge in [0.1, 0.15) is 19.5 Å². The van der Waals surface area contributed by atoms with Crippen LogP contribution < -0.4 is 0 Å². The fourth-order valence-electron chi connectivity index (χ4n) is 0.866. The van der Waals surface area contributed by atoms with Crippen molar-refractivity contribution >= 4 is 5.97 Å². The SMILES string of the molecule is CCOC(=O)COCc1nncn1C. The van der Waals surface area contributed by atoms with Crippen LogP contribution in [0.1, 0.15) is 12.7 Å². The summed E-state index contributed by atoms with van der Waals surface area (Å²) in [5.41, 5.74) is 0. The predicted molar refractivity (Wildman–Crippen MR) is 47.3 cm³/mol. The van der Waals surface area contributed by atoms with Gasteiger partial charge in [-0.05, 0) is 6.92 Å². The maximum absolute atomic E-state index is 10.9. The highest BCUT2D eigenvalue weighted by molar-refractivity contribution is 5.70. The van der Waals surface area contributed by atoms with E-state index in [1.54, 1.807) is 17.8 Å². The Morgan fingerprint density at radius 1 is 1.64 bits per heavy atom. The zero-order chi connectivity index (χ0) is 10.4. The first-order valence-corrected chi connectivity index (χ1v) is 4.30. The number of hydrogen-bond acceptors (Lipinski definition) is 5. The molecule has 0 radical (unpaired) electrons. The van der Waals surface area contributed by atoms with Crippen molar-refractivity contribution in [3.8, 4) is 0 Å². The normalized spacial score (nSPS) is 10.1. The minimum atomic E-state index is -0.366. The van der Waals surface area contributed by atoms with Gasteiger partial charge in [0, 0.05) is 7.05 Å². The Morgan fingerprint density at radius 3 is 3.00 bits per heavy atom. The van der Waals surface area contributed by atoms with Crippen molar-refractivity contribution in [1.82, 2.24) is 14.8 Å². The van der Waals surface area contributed by atoms with Gasteiger partial charge < -0.3 is 14.0 Å². The molecule has 0 atom stereocenters. The van der Waals surface area contributed by atoms with Crippen molar-refractivity contribution in [2.24, 2.45) is 7.05 Å². The highest BCUT2D eigenvalue weighted by atomic mass is 16.6. The third-order valence-corrected chi connectivity index (χ3v) is 1.56. The molecule has 78 valence electrons. The van der Waals surface area contributed by atoms with Crippen LogP contribution >= 0.6 is 0 Å². The molecular weight excluding hydrogens is 186 g/mol. The quantitative estimate of drug-likeness (QED) is 0.619. The summed E-state index contributed by atoms with van der Waals surface area (Å²) in [5, 5.41) is 7.47. The molecule has 0 saturated carbocycles. The van der Waals surface area contributed by atoms with Gasteiger partial charge in [-0.15, -0.1) is 10.2 Å². The van der Waals surface area contributed by atoms with E-state index in [-0.39, 0.29) is 19.2 Å². The van der Waals surface area contributed by atoms with Crippen LogP contribution in [0.15, 0.2) is 6.33 Å². The van der Waals surface area contributed by atoms with Crippen molar-refractivity contribution in [3.05, 3.63) is 12.2 Å². The zero-order valence-corrected chi connectivity index (χ0v) is 8.27. The van der Waals surface area contributed by atoms with E-state index in [2.05, 4.69) is 14.9 Å². The lowest BCUT2D eigenvalue weighted by molar-refractivity contribution is -0.148. The molecule has 0 fully saturated rings. The van der Waals surface area contributed by atoms with Crippen LogP contribution in [0.25, 0.3) is 0 Å². The summed E-state index contributed by atoms with van der Waals surface area (Å²) in [4.78, 5) is 10.9. The van der Waals surface area contributed by atoms with Gasteiger partial charge in [-0.3, -0.25) is 0 Å². The molecule has 1 rings (SSSR count). The van der Waals surface area contributed by atoms with E-state index in [1.165, 1.54) is 0 Å². The van der Waals surface area contributed by atoms with Crippen molar-refractivity contribution in [2.75, 3.05) is 13.2 Å². The molecule has 1 aromatic rings. The van der Waals surface area contributed by atoms with Gasteiger partial charge in [-0.25, -0.2) is 4.79 Å². The molecule has 0 bridgehead atoms. The zero-order valence-electron chi connectivity index (χ0n) is 8.27. The fourth-order valence-corrected chi connectivity index (χ4v) is 0.866. The Balaban J connectivity index is 2.22. The molecule has 0 spiro atoms. The lowest BCUT2D eigenvalue weighted by Gasteiger charge is -2.03. The topological polar surface area (TPSA) is 66.2 Å². The summed E-state index contributed by atoms with van der Waals surface area (Å²) in [6, 6.07) is 0. The van der Waals surface area contributed by atoms with E-state index in [1.807, 2.05) is 7.05 Å². The smallest absolute Gasteiger partial charge is 0.332 e. The number of rotatable bonds is 5. The van der Waals surface area contributed by atoms with Crippen LogP contribution in [0.2, 0.25) is 0 Å². The Kier molecular flexibility index (Phi) is 4.06. The van der Waals surface area contributed by atoms with E-state index in [0.717, 1.165) is 0 Å². The monoisotopic (exact) mass is 199 g/mol. The van der Waals surface area contributed by atoms with Gasteiger partial charge in [0.25, 0.3) is 0 Å². The van der Waals surface area contributed by atoms with Gasteiger partial charge >= 0.3 is 5.97 Å². The minimum Gasteiger partial charge on any atom is -0.464 e.